The van der Waals surface area contributed by atoms with Crippen molar-refractivity contribution in [1.29, 1.82) is 0 Å². The fourth-order valence-corrected chi connectivity index (χ4v) is 3.68. The topological polar surface area (TPSA) is 148 Å². The van der Waals surface area contributed by atoms with Gasteiger partial charge in [-0.25, -0.2) is 4.79 Å². The number of amides is 2. The fourth-order valence-electron chi connectivity index (χ4n) is 3.68. The smallest absolute Gasteiger partial charge is 0.330 e. The van der Waals surface area contributed by atoms with E-state index < -0.39 is 35.7 Å². The fraction of sp³-hybridized carbons (Fsp3) is 0.667. The van der Waals surface area contributed by atoms with Crippen molar-refractivity contribution < 1.29 is 19.1 Å². The van der Waals surface area contributed by atoms with Crippen LogP contribution in [0.15, 0.2) is 9.59 Å². The molecule has 1 aliphatic rings. The number of hydrogen-bond donors (Lipinski definition) is 2. The number of carbonyl (C=O) groups is 3. The molecule has 0 spiro atoms. The third-order valence-corrected chi connectivity index (χ3v) is 5.42. The molecule has 2 rings (SSSR count). The van der Waals surface area contributed by atoms with E-state index in [0.717, 1.165) is 11.3 Å². The minimum atomic E-state index is -0.774. The first-order chi connectivity index (χ1) is 15.1. The van der Waals surface area contributed by atoms with Gasteiger partial charge in [0.25, 0.3) is 11.5 Å². The number of esters is 1. The summed E-state index contributed by atoms with van der Waals surface area (Å²) in [6.45, 7) is 7.60. The molecule has 0 bridgehead atoms. The Bertz CT molecular complexity index is 966. The van der Waals surface area contributed by atoms with Crippen molar-refractivity contribution >= 4 is 29.3 Å². The van der Waals surface area contributed by atoms with E-state index in [1.54, 1.807) is 4.90 Å². The van der Waals surface area contributed by atoms with E-state index in [-0.39, 0.29) is 49.5 Å². The Labute approximate surface area is 186 Å². The molecule has 1 aromatic rings. The first kappa shape index (κ1) is 25.2. The average Bonchev–Trinajstić information content (AvgIpc) is 3.13. The molecule has 1 aliphatic heterocycles. The van der Waals surface area contributed by atoms with Crippen molar-refractivity contribution in [3.63, 3.8) is 0 Å². The summed E-state index contributed by atoms with van der Waals surface area (Å²) in [5.41, 5.74) is 4.55. The van der Waals surface area contributed by atoms with E-state index in [1.807, 2.05) is 27.7 Å². The first-order valence-corrected chi connectivity index (χ1v) is 11.0. The van der Waals surface area contributed by atoms with Crippen molar-refractivity contribution in [2.24, 2.45) is 5.92 Å². The maximum atomic E-state index is 12.9. The summed E-state index contributed by atoms with van der Waals surface area (Å²) in [5.74, 6) is -2.14. The van der Waals surface area contributed by atoms with Gasteiger partial charge in [-0.1, -0.05) is 20.3 Å². The molecule has 32 heavy (non-hydrogen) atoms. The van der Waals surface area contributed by atoms with E-state index >= 15 is 0 Å². The van der Waals surface area contributed by atoms with Gasteiger partial charge in [0, 0.05) is 32.1 Å². The monoisotopic (exact) mass is 451 g/mol. The van der Waals surface area contributed by atoms with E-state index in [1.165, 1.54) is 4.57 Å². The van der Waals surface area contributed by atoms with Gasteiger partial charge >= 0.3 is 11.7 Å². The summed E-state index contributed by atoms with van der Waals surface area (Å²) < 4.78 is 6.41. The summed E-state index contributed by atoms with van der Waals surface area (Å²) in [4.78, 5) is 67.0. The molecule has 0 saturated carbocycles. The predicted octanol–water partition coefficient (Wildman–Crippen LogP) is 0.462. The van der Waals surface area contributed by atoms with Gasteiger partial charge < -0.3 is 20.3 Å². The summed E-state index contributed by atoms with van der Waals surface area (Å²) >= 11 is 0. The Hall–Kier alpha value is -3.11. The molecule has 2 heterocycles. The highest BCUT2D eigenvalue weighted by molar-refractivity contribution is 5.97. The Balaban J connectivity index is 2.20. The van der Waals surface area contributed by atoms with Gasteiger partial charge in [-0.2, -0.15) is 0 Å². The summed E-state index contributed by atoms with van der Waals surface area (Å²) in [6.07, 6.45) is 1.96. The molecule has 11 heteroatoms. The number of ether oxygens (including phenoxy) is 1. The van der Waals surface area contributed by atoms with Crippen LogP contribution in [0.5, 0.6) is 0 Å². The molecule has 1 atom stereocenters. The zero-order valence-corrected chi connectivity index (χ0v) is 19.2. The van der Waals surface area contributed by atoms with Crippen LogP contribution in [0.25, 0.3) is 0 Å². The lowest BCUT2D eigenvalue weighted by molar-refractivity contribution is -0.151. The van der Waals surface area contributed by atoms with Crippen molar-refractivity contribution in [1.82, 2.24) is 14.5 Å². The van der Waals surface area contributed by atoms with Crippen LogP contribution in [0.2, 0.25) is 0 Å². The molecule has 1 fully saturated rings. The maximum absolute atomic E-state index is 12.9. The number of aromatic nitrogens is 2. The zero-order valence-electron chi connectivity index (χ0n) is 19.2. The van der Waals surface area contributed by atoms with Gasteiger partial charge in [0.05, 0.1) is 5.92 Å². The van der Waals surface area contributed by atoms with Gasteiger partial charge in [0.15, 0.2) is 12.3 Å². The predicted molar refractivity (Wildman–Crippen MR) is 119 cm³/mol. The summed E-state index contributed by atoms with van der Waals surface area (Å²) in [7, 11) is 0. The molecule has 1 unspecified atom stereocenters. The van der Waals surface area contributed by atoms with Crippen LogP contribution in [-0.4, -0.2) is 58.0 Å². The number of nitrogens with one attached hydrogen (secondary N) is 1. The molecule has 0 radical (unpaired) electrons. The highest BCUT2D eigenvalue weighted by Gasteiger charge is 2.37. The van der Waals surface area contributed by atoms with E-state index in [2.05, 4.69) is 4.98 Å². The third kappa shape index (κ3) is 5.57. The Morgan fingerprint density at radius 1 is 1.22 bits per heavy atom. The molecule has 1 saturated heterocycles. The van der Waals surface area contributed by atoms with Crippen molar-refractivity contribution in [3.05, 3.63) is 20.8 Å². The van der Waals surface area contributed by atoms with Gasteiger partial charge in [0.1, 0.15) is 5.82 Å². The SMILES string of the molecule is CCCCN(C(=O)COC(=O)C1CC(=O)N(C(C)C)C1)c1c(N)n(CCC)c(=O)[nH]c1=O. The number of nitrogens with zero attached hydrogens (tertiary/aromatic N) is 3. The van der Waals surface area contributed by atoms with Gasteiger partial charge in [-0.3, -0.25) is 28.7 Å². The second kappa shape index (κ2) is 11.0. The van der Waals surface area contributed by atoms with E-state index in [9.17, 15) is 24.0 Å². The molecule has 0 aromatic carbocycles. The number of aromatic amines is 1. The number of nitrogen functional groups attached to an aromatic ring is 1. The Kier molecular flexibility index (Phi) is 8.62. The lowest BCUT2D eigenvalue weighted by atomic mass is 10.1. The number of nitrogens with two attached hydrogens (primary N) is 1. The minimum Gasteiger partial charge on any atom is -0.455 e. The number of hydrogen-bond acceptors (Lipinski definition) is 7. The van der Waals surface area contributed by atoms with Crippen LogP contribution < -0.4 is 21.9 Å². The number of unbranched alkanes of at least 4 members (excludes halogenated alkanes) is 1. The van der Waals surface area contributed by atoms with Crippen LogP contribution >= 0.6 is 0 Å². The molecule has 178 valence electrons. The van der Waals surface area contributed by atoms with Crippen molar-refractivity contribution in [3.8, 4) is 0 Å². The standard InChI is InChI=1S/C21H33N5O6/c1-5-7-9-24(17-18(22)25(8-6-2)21(31)23-19(17)29)16(28)12-32-20(30)14-10-15(27)26(11-14)13(3)4/h13-14H,5-12,22H2,1-4H3,(H,23,29,31). The van der Waals surface area contributed by atoms with Crippen LogP contribution in [0.4, 0.5) is 11.5 Å². The molecule has 2 amide bonds. The van der Waals surface area contributed by atoms with E-state index in [4.69, 9.17) is 10.5 Å². The Morgan fingerprint density at radius 2 is 1.91 bits per heavy atom. The third-order valence-electron chi connectivity index (χ3n) is 5.42. The highest BCUT2D eigenvalue weighted by Crippen LogP contribution is 2.22. The van der Waals surface area contributed by atoms with Crippen molar-refractivity contribution in [2.45, 2.75) is 66.0 Å². The average molecular weight is 452 g/mol. The lowest BCUT2D eigenvalue weighted by Gasteiger charge is -2.24. The van der Waals surface area contributed by atoms with E-state index in [0.29, 0.717) is 12.8 Å². The molecule has 11 nitrogen and oxygen atoms in total. The number of carbonyl (C=O) groups excluding carboxylic acids is 3. The van der Waals surface area contributed by atoms with Gasteiger partial charge in [0.2, 0.25) is 5.91 Å². The molecular formula is C21H33N5O6. The maximum Gasteiger partial charge on any atom is 0.330 e. The number of likely N-dealkylation sites (tertiary alicyclic amines) is 1. The van der Waals surface area contributed by atoms with Crippen LogP contribution in [0.1, 0.15) is 53.4 Å². The van der Waals surface area contributed by atoms with Crippen molar-refractivity contribution in [2.75, 3.05) is 30.3 Å². The second-order valence-electron chi connectivity index (χ2n) is 8.19. The Morgan fingerprint density at radius 3 is 2.47 bits per heavy atom. The minimum absolute atomic E-state index is 0.0278. The van der Waals surface area contributed by atoms with Gasteiger partial charge in [-0.05, 0) is 26.7 Å². The normalized spacial score (nSPS) is 16.0. The largest absolute Gasteiger partial charge is 0.455 e. The van der Waals surface area contributed by atoms with Crippen LogP contribution in [0.3, 0.4) is 0 Å². The lowest BCUT2D eigenvalue weighted by Crippen LogP contribution is -2.43. The number of rotatable bonds is 10. The van der Waals surface area contributed by atoms with Crippen LogP contribution in [-0.2, 0) is 25.7 Å². The summed E-state index contributed by atoms with van der Waals surface area (Å²) in [5, 5.41) is 0. The highest BCUT2D eigenvalue weighted by atomic mass is 16.5. The molecular weight excluding hydrogens is 418 g/mol. The number of anilines is 2. The number of H-pyrrole nitrogens is 1. The molecule has 3 N–H and O–H groups in total. The molecule has 0 aliphatic carbocycles. The van der Waals surface area contributed by atoms with Crippen LogP contribution in [0, 0.1) is 5.92 Å². The second-order valence-corrected chi connectivity index (χ2v) is 8.19. The quantitative estimate of drug-likeness (QED) is 0.491. The molecule has 1 aromatic heterocycles. The zero-order chi connectivity index (χ0) is 24.0. The van der Waals surface area contributed by atoms with Gasteiger partial charge in [-0.15, -0.1) is 0 Å². The summed E-state index contributed by atoms with van der Waals surface area (Å²) in [6, 6.07) is -0.0278. The first-order valence-electron chi connectivity index (χ1n) is 11.0.